The SMILES string of the molecule is Cc1cc([N+](=O)[O-])ccc1NN1C(=O)c2ccccc2C1=O. The van der Waals surface area contributed by atoms with Crippen molar-refractivity contribution in [1.82, 2.24) is 5.01 Å². The summed E-state index contributed by atoms with van der Waals surface area (Å²) in [6.45, 7) is 1.66. The van der Waals surface area contributed by atoms with E-state index >= 15 is 0 Å². The number of benzene rings is 2. The molecule has 2 aromatic rings. The number of fused-ring (bicyclic) bond motifs is 1. The van der Waals surface area contributed by atoms with E-state index in [1.807, 2.05) is 0 Å². The van der Waals surface area contributed by atoms with Crippen LogP contribution in [0.25, 0.3) is 0 Å². The Morgan fingerprint density at radius 3 is 2.14 bits per heavy atom. The van der Waals surface area contributed by atoms with Gasteiger partial charge >= 0.3 is 0 Å². The van der Waals surface area contributed by atoms with Gasteiger partial charge in [-0.1, -0.05) is 12.1 Å². The maximum Gasteiger partial charge on any atom is 0.280 e. The van der Waals surface area contributed by atoms with Gasteiger partial charge in [-0.2, -0.15) is 5.01 Å². The summed E-state index contributed by atoms with van der Waals surface area (Å²) in [5.74, 6) is -0.892. The van der Waals surface area contributed by atoms with Crippen LogP contribution in [0.1, 0.15) is 26.3 Å². The van der Waals surface area contributed by atoms with Gasteiger partial charge in [0.2, 0.25) is 0 Å². The van der Waals surface area contributed by atoms with Crippen LogP contribution in [0.3, 0.4) is 0 Å². The van der Waals surface area contributed by atoms with Crippen molar-refractivity contribution >= 4 is 23.2 Å². The molecular weight excluding hydrogens is 286 g/mol. The van der Waals surface area contributed by atoms with E-state index in [1.165, 1.54) is 18.2 Å². The zero-order chi connectivity index (χ0) is 15.9. The fourth-order valence-corrected chi connectivity index (χ4v) is 2.30. The van der Waals surface area contributed by atoms with Crippen molar-refractivity contribution in [3.05, 3.63) is 69.3 Å². The molecule has 1 aliphatic heterocycles. The third kappa shape index (κ3) is 2.08. The van der Waals surface area contributed by atoms with Crippen LogP contribution in [-0.2, 0) is 0 Å². The Morgan fingerprint density at radius 1 is 1.05 bits per heavy atom. The first kappa shape index (κ1) is 13.7. The summed E-state index contributed by atoms with van der Waals surface area (Å²) >= 11 is 0. The van der Waals surface area contributed by atoms with E-state index in [1.54, 1.807) is 31.2 Å². The maximum absolute atomic E-state index is 12.2. The van der Waals surface area contributed by atoms with Crippen molar-refractivity contribution in [2.45, 2.75) is 6.92 Å². The molecule has 0 aromatic heterocycles. The van der Waals surface area contributed by atoms with Crippen LogP contribution in [0.4, 0.5) is 11.4 Å². The number of nitro groups is 1. The highest BCUT2D eigenvalue weighted by Gasteiger charge is 2.35. The number of hydrazine groups is 1. The molecule has 0 spiro atoms. The molecule has 22 heavy (non-hydrogen) atoms. The number of nitrogens with zero attached hydrogens (tertiary/aromatic N) is 2. The van der Waals surface area contributed by atoms with Crippen LogP contribution in [0.5, 0.6) is 0 Å². The van der Waals surface area contributed by atoms with Crippen LogP contribution in [0.2, 0.25) is 0 Å². The smallest absolute Gasteiger partial charge is 0.280 e. The lowest BCUT2D eigenvalue weighted by molar-refractivity contribution is -0.384. The Morgan fingerprint density at radius 2 is 1.64 bits per heavy atom. The van der Waals surface area contributed by atoms with Crippen molar-refractivity contribution in [2.24, 2.45) is 0 Å². The predicted octanol–water partition coefficient (Wildman–Crippen LogP) is 2.53. The minimum atomic E-state index is -0.501. The number of carbonyl (C=O) groups is 2. The maximum atomic E-state index is 12.2. The number of hydrogen-bond acceptors (Lipinski definition) is 5. The number of amides is 2. The number of imide groups is 1. The first-order chi connectivity index (χ1) is 10.5. The van der Waals surface area contributed by atoms with Gasteiger partial charge in [0.25, 0.3) is 17.5 Å². The minimum absolute atomic E-state index is 0.0505. The molecule has 1 heterocycles. The van der Waals surface area contributed by atoms with Crippen molar-refractivity contribution in [2.75, 3.05) is 5.43 Å². The number of nitrogens with one attached hydrogen (secondary N) is 1. The predicted molar refractivity (Wildman–Crippen MR) is 78.4 cm³/mol. The molecule has 0 bridgehead atoms. The Hall–Kier alpha value is -3.22. The highest BCUT2D eigenvalue weighted by atomic mass is 16.6. The Balaban J connectivity index is 1.91. The fourth-order valence-electron chi connectivity index (χ4n) is 2.30. The molecule has 7 nitrogen and oxygen atoms in total. The van der Waals surface area contributed by atoms with Crippen molar-refractivity contribution in [3.8, 4) is 0 Å². The van der Waals surface area contributed by atoms with Gasteiger partial charge in [0.1, 0.15) is 0 Å². The van der Waals surface area contributed by atoms with Gasteiger partial charge in [0.05, 0.1) is 21.7 Å². The lowest BCUT2D eigenvalue weighted by Gasteiger charge is -2.17. The molecule has 0 saturated heterocycles. The van der Waals surface area contributed by atoms with Gasteiger partial charge < -0.3 is 0 Å². The van der Waals surface area contributed by atoms with Crippen LogP contribution < -0.4 is 5.43 Å². The molecule has 1 N–H and O–H groups in total. The molecule has 2 amide bonds. The second-order valence-electron chi connectivity index (χ2n) is 4.86. The highest BCUT2D eigenvalue weighted by Crippen LogP contribution is 2.26. The zero-order valence-corrected chi connectivity index (χ0v) is 11.6. The molecular formula is C15H11N3O4. The van der Waals surface area contributed by atoms with E-state index in [0.717, 1.165) is 5.01 Å². The summed E-state index contributed by atoms with van der Waals surface area (Å²) in [6, 6.07) is 10.7. The van der Waals surface area contributed by atoms with E-state index in [0.29, 0.717) is 22.4 Å². The quantitative estimate of drug-likeness (QED) is 0.534. The molecule has 0 saturated carbocycles. The Labute approximate surface area is 125 Å². The summed E-state index contributed by atoms with van der Waals surface area (Å²) in [5, 5.41) is 11.6. The molecule has 3 rings (SSSR count). The number of anilines is 1. The average Bonchev–Trinajstić information content (AvgIpc) is 2.74. The first-order valence-corrected chi connectivity index (χ1v) is 6.48. The molecule has 0 aliphatic carbocycles. The molecule has 7 heteroatoms. The summed E-state index contributed by atoms with van der Waals surface area (Å²) < 4.78 is 0. The number of nitro benzene ring substituents is 1. The summed E-state index contributed by atoms with van der Waals surface area (Å²) in [4.78, 5) is 34.7. The monoisotopic (exact) mass is 297 g/mol. The standard InChI is InChI=1S/C15H11N3O4/c1-9-8-10(18(21)22)6-7-13(9)16-17-14(19)11-4-2-3-5-12(11)15(17)20/h2-8,16H,1H3. The second kappa shape index (κ2) is 4.96. The van der Waals surface area contributed by atoms with Gasteiger partial charge in [-0.3, -0.25) is 25.1 Å². The number of non-ortho nitro benzene ring substituents is 1. The van der Waals surface area contributed by atoms with E-state index in [2.05, 4.69) is 5.43 Å². The van der Waals surface area contributed by atoms with Crippen molar-refractivity contribution < 1.29 is 14.5 Å². The molecule has 0 radical (unpaired) electrons. The van der Waals surface area contributed by atoms with E-state index in [4.69, 9.17) is 0 Å². The van der Waals surface area contributed by atoms with Crippen LogP contribution in [-0.4, -0.2) is 21.7 Å². The summed E-state index contributed by atoms with van der Waals surface area (Å²) in [5.41, 5.74) is 4.37. The van der Waals surface area contributed by atoms with Gasteiger partial charge in [-0.05, 0) is 30.7 Å². The Bertz CT molecular complexity index is 781. The van der Waals surface area contributed by atoms with Crippen molar-refractivity contribution in [1.29, 1.82) is 0 Å². The molecule has 0 fully saturated rings. The fraction of sp³-hybridized carbons (Fsp3) is 0.0667. The zero-order valence-electron chi connectivity index (χ0n) is 11.6. The van der Waals surface area contributed by atoms with Crippen LogP contribution >= 0.6 is 0 Å². The number of carbonyl (C=O) groups excluding carboxylic acids is 2. The van der Waals surface area contributed by atoms with E-state index in [9.17, 15) is 19.7 Å². The van der Waals surface area contributed by atoms with Crippen molar-refractivity contribution in [3.63, 3.8) is 0 Å². The van der Waals surface area contributed by atoms with E-state index in [-0.39, 0.29) is 5.69 Å². The molecule has 2 aromatic carbocycles. The normalized spacial score (nSPS) is 13.2. The lowest BCUT2D eigenvalue weighted by Crippen LogP contribution is -2.35. The minimum Gasteiger partial charge on any atom is -0.288 e. The number of aryl methyl sites for hydroxylation is 1. The van der Waals surface area contributed by atoms with Gasteiger partial charge in [-0.25, -0.2) is 0 Å². The molecule has 110 valence electrons. The highest BCUT2D eigenvalue weighted by molar-refractivity contribution is 6.21. The topological polar surface area (TPSA) is 92.6 Å². The van der Waals surface area contributed by atoms with Gasteiger partial charge in [0.15, 0.2) is 0 Å². The molecule has 1 aliphatic rings. The van der Waals surface area contributed by atoms with Crippen LogP contribution in [0.15, 0.2) is 42.5 Å². The van der Waals surface area contributed by atoms with Crippen LogP contribution in [0, 0.1) is 17.0 Å². The third-order valence-electron chi connectivity index (χ3n) is 3.45. The number of rotatable bonds is 3. The summed E-state index contributed by atoms with van der Waals surface area (Å²) in [6.07, 6.45) is 0. The molecule has 0 atom stereocenters. The lowest BCUT2D eigenvalue weighted by atomic mass is 10.1. The van der Waals surface area contributed by atoms with Gasteiger partial charge in [0, 0.05) is 12.1 Å². The average molecular weight is 297 g/mol. The third-order valence-corrected chi connectivity index (χ3v) is 3.45. The number of hydrogen-bond donors (Lipinski definition) is 1. The second-order valence-corrected chi connectivity index (χ2v) is 4.86. The largest absolute Gasteiger partial charge is 0.288 e. The Kier molecular flexibility index (Phi) is 3.10. The van der Waals surface area contributed by atoms with E-state index < -0.39 is 16.7 Å². The summed E-state index contributed by atoms with van der Waals surface area (Å²) in [7, 11) is 0. The molecule has 0 unspecified atom stereocenters. The van der Waals surface area contributed by atoms with Gasteiger partial charge in [-0.15, -0.1) is 0 Å². The first-order valence-electron chi connectivity index (χ1n) is 6.48.